The summed E-state index contributed by atoms with van der Waals surface area (Å²) >= 11 is 2.73. The normalized spacial score (nSPS) is 14.8. The van der Waals surface area contributed by atoms with Gasteiger partial charge in [0, 0.05) is 17.0 Å². The Morgan fingerprint density at radius 1 is 1.42 bits per heavy atom. The van der Waals surface area contributed by atoms with E-state index in [9.17, 15) is 18.8 Å². The molecule has 3 aromatic rings. The van der Waals surface area contributed by atoms with Crippen LogP contribution in [0.2, 0.25) is 0 Å². The van der Waals surface area contributed by atoms with Gasteiger partial charge in [-0.1, -0.05) is 31.2 Å². The highest BCUT2D eigenvalue weighted by Crippen LogP contribution is 2.40. The summed E-state index contributed by atoms with van der Waals surface area (Å²) in [6.07, 6.45) is 5.70. The van der Waals surface area contributed by atoms with Gasteiger partial charge in [-0.15, -0.1) is 28.1 Å². The molecule has 1 unspecified atom stereocenters. The van der Waals surface area contributed by atoms with Crippen LogP contribution < -0.4 is 10.1 Å². The Morgan fingerprint density at radius 3 is 2.86 bits per heavy atom. The number of nitriles is 1. The SMILES string of the molecule is C=CCn1c(SCC(=O)Nc2sc3c(c2C#N)CCC(CC)C3)nnc1-c1ccc(OC(F)F)cc1. The average molecular weight is 530 g/mol. The van der Waals surface area contributed by atoms with Crippen molar-refractivity contribution in [2.24, 2.45) is 5.92 Å². The standard InChI is InChI=1S/C25H25F2N5O2S2/c1-3-11-32-22(16-6-8-17(9-7-16)34-24(26)27)30-31-25(32)35-14-21(33)29-23-19(13-28)18-10-5-15(4-2)12-20(18)36-23/h3,6-9,15,24H,1,4-5,10-12,14H2,2H3,(H,29,33). The molecule has 11 heteroatoms. The first kappa shape index (κ1) is 25.9. The van der Waals surface area contributed by atoms with Crippen LogP contribution in [0.25, 0.3) is 11.4 Å². The fourth-order valence-corrected chi connectivity index (χ4v) is 6.27. The minimum absolute atomic E-state index is 0.0482. The predicted molar refractivity (Wildman–Crippen MR) is 136 cm³/mol. The molecule has 1 aliphatic carbocycles. The minimum atomic E-state index is -2.90. The lowest BCUT2D eigenvalue weighted by atomic mass is 9.86. The van der Waals surface area contributed by atoms with Gasteiger partial charge in [0.15, 0.2) is 11.0 Å². The molecule has 1 aliphatic rings. The lowest BCUT2D eigenvalue weighted by Crippen LogP contribution is -2.15. The highest BCUT2D eigenvalue weighted by atomic mass is 32.2. The Morgan fingerprint density at radius 2 is 2.19 bits per heavy atom. The first-order chi connectivity index (χ1) is 17.4. The number of ether oxygens (including phenoxy) is 1. The summed E-state index contributed by atoms with van der Waals surface area (Å²) in [5.41, 5.74) is 2.32. The number of hydrogen-bond acceptors (Lipinski definition) is 7. The molecular formula is C25H25F2N5O2S2. The molecule has 2 aromatic heterocycles. The molecule has 1 N–H and O–H groups in total. The molecule has 1 atom stereocenters. The van der Waals surface area contributed by atoms with E-state index in [4.69, 9.17) is 0 Å². The number of thiophene rings is 1. The van der Waals surface area contributed by atoms with Crippen molar-refractivity contribution in [2.45, 2.75) is 50.9 Å². The second-order valence-electron chi connectivity index (χ2n) is 8.28. The fraction of sp³-hybridized carbons (Fsp3) is 0.360. The first-order valence-corrected chi connectivity index (χ1v) is 13.3. The second-order valence-corrected chi connectivity index (χ2v) is 10.3. The van der Waals surface area contributed by atoms with Crippen LogP contribution in [0.3, 0.4) is 0 Å². The van der Waals surface area contributed by atoms with Gasteiger partial charge in [-0.05, 0) is 55.0 Å². The number of allylic oxidation sites excluding steroid dienone is 1. The number of fused-ring (bicyclic) bond motifs is 1. The van der Waals surface area contributed by atoms with Crippen molar-refractivity contribution in [1.82, 2.24) is 14.8 Å². The molecule has 0 saturated heterocycles. The number of aromatic nitrogens is 3. The van der Waals surface area contributed by atoms with E-state index in [1.54, 1.807) is 22.8 Å². The molecule has 1 amide bonds. The third kappa shape index (κ3) is 5.77. The van der Waals surface area contributed by atoms with E-state index in [0.717, 1.165) is 31.2 Å². The van der Waals surface area contributed by atoms with Gasteiger partial charge in [-0.2, -0.15) is 14.0 Å². The van der Waals surface area contributed by atoms with Crippen molar-refractivity contribution < 1.29 is 18.3 Å². The number of thioether (sulfide) groups is 1. The van der Waals surface area contributed by atoms with Crippen LogP contribution in [-0.2, 0) is 24.2 Å². The average Bonchev–Trinajstić information content (AvgIpc) is 3.42. The van der Waals surface area contributed by atoms with Gasteiger partial charge in [-0.3, -0.25) is 9.36 Å². The second kappa shape index (κ2) is 11.7. The van der Waals surface area contributed by atoms with E-state index in [-0.39, 0.29) is 17.4 Å². The number of nitrogens with one attached hydrogen (secondary N) is 1. The minimum Gasteiger partial charge on any atom is -0.435 e. The van der Waals surface area contributed by atoms with Crippen LogP contribution in [0.4, 0.5) is 13.8 Å². The maximum Gasteiger partial charge on any atom is 0.387 e. The molecule has 0 radical (unpaired) electrons. The number of amides is 1. The van der Waals surface area contributed by atoms with Gasteiger partial charge in [-0.25, -0.2) is 0 Å². The number of halogens is 2. The fourth-order valence-electron chi connectivity index (χ4n) is 4.19. The van der Waals surface area contributed by atoms with Crippen LogP contribution in [0.5, 0.6) is 5.75 Å². The summed E-state index contributed by atoms with van der Waals surface area (Å²) in [5, 5.41) is 22.2. The molecule has 1 aromatic carbocycles. The van der Waals surface area contributed by atoms with Crippen molar-refractivity contribution in [2.75, 3.05) is 11.1 Å². The number of nitrogens with zero attached hydrogens (tertiary/aromatic N) is 4. The molecule has 188 valence electrons. The Kier molecular flexibility index (Phi) is 8.38. The number of carbonyl (C=O) groups is 1. The maximum atomic E-state index is 12.8. The van der Waals surface area contributed by atoms with E-state index in [0.29, 0.717) is 39.6 Å². The molecule has 0 spiro atoms. The smallest absolute Gasteiger partial charge is 0.387 e. The van der Waals surface area contributed by atoms with E-state index in [1.165, 1.54) is 40.1 Å². The topological polar surface area (TPSA) is 92.8 Å². The van der Waals surface area contributed by atoms with Crippen LogP contribution in [0.1, 0.15) is 35.8 Å². The van der Waals surface area contributed by atoms with Crippen LogP contribution in [0, 0.1) is 17.2 Å². The molecular weight excluding hydrogens is 504 g/mol. The molecule has 0 bridgehead atoms. The summed E-state index contributed by atoms with van der Waals surface area (Å²) in [6, 6.07) is 8.39. The van der Waals surface area contributed by atoms with Gasteiger partial charge in [0.1, 0.15) is 16.8 Å². The third-order valence-corrected chi connectivity index (χ3v) is 8.14. The molecule has 7 nitrogen and oxygen atoms in total. The summed E-state index contributed by atoms with van der Waals surface area (Å²) < 4.78 is 31.0. The van der Waals surface area contributed by atoms with Crippen molar-refractivity contribution in [3.63, 3.8) is 0 Å². The van der Waals surface area contributed by atoms with Crippen LogP contribution >= 0.6 is 23.1 Å². The summed E-state index contributed by atoms with van der Waals surface area (Å²) in [6.45, 7) is 3.46. The summed E-state index contributed by atoms with van der Waals surface area (Å²) in [7, 11) is 0. The molecule has 0 saturated carbocycles. The van der Waals surface area contributed by atoms with Gasteiger partial charge in [0.25, 0.3) is 0 Å². The Hall–Kier alpha value is -3.23. The number of benzene rings is 1. The van der Waals surface area contributed by atoms with Gasteiger partial charge < -0.3 is 10.1 Å². The van der Waals surface area contributed by atoms with Crippen molar-refractivity contribution in [3.8, 4) is 23.2 Å². The van der Waals surface area contributed by atoms with Gasteiger partial charge >= 0.3 is 6.61 Å². The van der Waals surface area contributed by atoms with E-state index < -0.39 is 6.61 Å². The predicted octanol–water partition coefficient (Wildman–Crippen LogP) is 5.91. The highest BCUT2D eigenvalue weighted by Gasteiger charge is 2.26. The lowest BCUT2D eigenvalue weighted by Gasteiger charge is -2.20. The van der Waals surface area contributed by atoms with Crippen molar-refractivity contribution in [3.05, 3.63) is 52.9 Å². The van der Waals surface area contributed by atoms with Crippen molar-refractivity contribution >= 4 is 34.0 Å². The Bertz CT molecular complexity index is 1280. The highest BCUT2D eigenvalue weighted by molar-refractivity contribution is 7.99. The maximum absolute atomic E-state index is 12.8. The number of rotatable bonds is 10. The van der Waals surface area contributed by atoms with E-state index in [1.807, 2.05) is 0 Å². The van der Waals surface area contributed by atoms with Gasteiger partial charge in [0.05, 0.1) is 11.3 Å². The summed E-state index contributed by atoms with van der Waals surface area (Å²) in [4.78, 5) is 14.0. The zero-order chi connectivity index (χ0) is 25.7. The van der Waals surface area contributed by atoms with E-state index >= 15 is 0 Å². The Labute approximate surface area is 216 Å². The molecule has 36 heavy (non-hydrogen) atoms. The molecule has 0 aliphatic heterocycles. The summed E-state index contributed by atoms with van der Waals surface area (Å²) in [5.74, 6) is 1.05. The third-order valence-electron chi connectivity index (χ3n) is 6.01. The van der Waals surface area contributed by atoms with Crippen LogP contribution in [-0.4, -0.2) is 33.0 Å². The molecule has 2 heterocycles. The number of hydrogen-bond donors (Lipinski definition) is 1. The monoisotopic (exact) mass is 529 g/mol. The number of alkyl halides is 2. The van der Waals surface area contributed by atoms with Crippen LogP contribution in [0.15, 0.2) is 42.1 Å². The Balaban J connectivity index is 1.45. The molecule has 4 rings (SSSR count). The number of anilines is 1. The first-order valence-electron chi connectivity index (χ1n) is 11.5. The lowest BCUT2D eigenvalue weighted by molar-refractivity contribution is -0.113. The largest absolute Gasteiger partial charge is 0.435 e. The number of carbonyl (C=O) groups excluding carboxylic acids is 1. The molecule has 0 fully saturated rings. The quantitative estimate of drug-likeness (QED) is 0.259. The zero-order valence-electron chi connectivity index (χ0n) is 19.7. The van der Waals surface area contributed by atoms with Crippen molar-refractivity contribution in [1.29, 1.82) is 5.26 Å². The zero-order valence-corrected chi connectivity index (χ0v) is 21.3. The van der Waals surface area contributed by atoms with E-state index in [2.05, 4.69) is 39.8 Å². The van der Waals surface area contributed by atoms with Gasteiger partial charge in [0.2, 0.25) is 5.91 Å².